The van der Waals surface area contributed by atoms with Gasteiger partial charge in [-0.05, 0) is 18.8 Å². The summed E-state index contributed by atoms with van der Waals surface area (Å²) in [5, 5.41) is 11.9. The molecule has 0 radical (unpaired) electrons. The second kappa shape index (κ2) is 10.2. The Morgan fingerprint density at radius 1 is 1.17 bits per heavy atom. The van der Waals surface area contributed by atoms with E-state index in [2.05, 4.69) is 22.0 Å². The van der Waals surface area contributed by atoms with Crippen molar-refractivity contribution in [3.8, 4) is 0 Å². The van der Waals surface area contributed by atoms with E-state index in [1.54, 1.807) is 0 Å². The highest BCUT2D eigenvalue weighted by atomic mass is 16.5. The molecule has 2 atom stereocenters. The molecule has 1 heterocycles. The van der Waals surface area contributed by atoms with Crippen LogP contribution in [0.2, 0.25) is 0 Å². The van der Waals surface area contributed by atoms with E-state index in [4.69, 9.17) is 9.84 Å². The number of aliphatic hydroxyl groups is 1. The summed E-state index contributed by atoms with van der Waals surface area (Å²) in [6.07, 6.45) is 5.39. The standard InChI is InChI=1S/C17H33N3O3/c1-15-4-2-3-5-16(15)23-13-6-18-17(22)14-20-9-7-19(8-10-20)11-12-21/h15-16,21H,2-14H2,1H3,(H,18,22)/t15-,16+/m1/s1. The van der Waals surface area contributed by atoms with Crippen LogP contribution in [0.3, 0.4) is 0 Å². The molecule has 0 aromatic carbocycles. The maximum Gasteiger partial charge on any atom is 0.234 e. The van der Waals surface area contributed by atoms with Gasteiger partial charge in [0.2, 0.25) is 5.91 Å². The molecular formula is C17H33N3O3. The fourth-order valence-corrected chi connectivity index (χ4v) is 3.50. The minimum atomic E-state index is 0.0842. The van der Waals surface area contributed by atoms with E-state index in [1.807, 2.05) is 0 Å². The fourth-order valence-electron chi connectivity index (χ4n) is 3.50. The Kier molecular flexibility index (Phi) is 8.30. The van der Waals surface area contributed by atoms with Crippen molar-refractivity contribution in [2.45, 2.75) is 38.7 Å². The van der Waals surface area contributed by atoms with E-state index in [-0.39, 0.29) is 12.5 Å². The number of nitrogens with one attached hydrogen (secondary N) is 1. The molecule has 0 unspecified atom stereocenters. The average Bonchev–Trinajstić information content (AvgIpc) is 2.55. The summed E-state index contributed by atoms with van der Waals surface area (Å²) in [7, 11) is 0. The molecule has 2 aliphatic rings. The van der Waals surface area contributed by atoms with E-state index in [9.17, 15) is 4.79 Å². The Morgan fingerprint density at radius 3 is 2.57 bits per heavy atom. The largest absolute Gasteiger partial charge is 0.395 e. The van der Waals surface area contributed by atoms with E-state index in [1.165, 1.54) is 19.3 Å². The number of carbonyl (C=O) groups excluding carboxylic acids is 1. The first-order valence-electron chi connectivity index (χ1n) is 9.13. The minimum absolute atomic E-state index is 0.0842. The van der Waals surface area contributed by atoms with Gasteiger partial charge in [0.15, 0.2) is 0 Å². The van der Waals surface area contributed by atoms with Crippen LogP contribution in [0.5, 0.6) is 0 Å². The minimum Gasteiger partial charge on any atom is -0.395 e. The number of rotatable bonds is 8. The van der Waals surface area contributed by atoms with Gasteiger partial charge in [0.05, 0.1) is 25.9 Å². The molecule has 2 rings (SSSR count). The highest BCUT2D eigenvalue weighted by Gasteiger charge is 2.22. The zero-order valence-electron chi connectivity index (χ0n) is 14.5. The van der Waals surface area contributed by atoms with Crippen molar-refractivity contribution in [3.63, 3.8) is 0 Å². The van der Waals surface area contributed by atoms with Crippen LogP contribution in [0.15, 0.2) is 0 Å². The molecule has 6 nitrogen and oxygen atoms in total. The molecule has 1 saturated carbocycles. The Morgan fingerprint density at radius 2 is 1.87 bits per heavy atom. The zero-order chi connectivity index (χ0) is 16.5. The third-order valence-electron chi connectivity index (χ3n) is 5.04. The number of β-amino-alcohol motifs (C(OH)–C–C–N with tert-alkyl or cyclic N) is 1. The summed E-state index contributed by atoms with van der Waals surface area (Å²) < 4.78 is 5.92. The van der Waals surface area contributed by atoms with Crippen LogP contribution in [0.25, 0.3) is 0 Å². The predicted octanol–water partition coefficient (Wildman–Crippen LogP) is 0.308. The van der Waals surface area contributed by atoms with Crippen LogP contribution >= 0.6 is 0 Å². The summed E-state index contributed by atoms with van der Waals surface area (Å²) in [6, 6.07) is 0. The molecule has 1 aliphatic carbocycles. The zero-order valence-corrected chi connectivity index (χ0v) is 14.5. The normalized spacial score (nSPS) is 27.0. The molecule has 0 spiro atoms. The quantitative estimate of drug-likeness (QED) is 0.628. The van der Waals surface area contributed by atoms with Crippen molar-refractivity contribution in [2.75, 3.05) is 59.0 Å². The Hall–Kier alpha value is -0.690. The average molecular weight is 327 g/mol. The fraction of sp³-hybridized carbons (Fsp3) is 0.941. The predicted molar refractivity (Wildman–Crippen MR) is 90.3 cm³/mol. The Labute approximate surface area is 140 Å². The summed E-state index contributed by atoms with van der Waals surface area (Å²) in [4.78, 5) is 16.4. The highest BCUT2D eigenvalue weighted by molar-refractivity contribution is 5.77. The lowest BCUT2D eigenvalue weighted by Gasteiger charge is -2.33. The lowest BCUT2D eigenvalue weighted by atomic mass is 9.88. The second-order valence-corrected chi connectivity index (χ2v) is 6.86. The van der Waals surface area contributed by atoms with Gasteiger partial charge in [-0.15, -0.1) is 0 Å². The van der Waals surface area contributed by atoms with Gasteiger partial charge in [0, 0.05) is 39.3 Å². The van der Waals surface area contributed by atoms with Gasteiger partial charge in [-0.3, -0.25) is 14.6 Å². The van der Waals surface area contributed by atoms with Gasteiger partial charge in [-0.25, -0.2) is 0 Å². The van der Waals surface area contributed by atoms with Gasteiger partial charge in [-0.1, -0.05) is 19.8 Å². The van der Waals surface area contributed by atoms with Crippen molar-refractivity contribution in [1.29, 1.82) is 0 Å². The third-order valence-corrected chi connectivity index (χ3v) is 5.04. The van der Waals surface area contributed by atoms with Crippen LogP contribution in [-0.2, 0) is 9.53 Å². The molecule has 1 saturated heterocycles. The van der Waals surface area contributed by atoms with Gasteiger partial charge in [0.1, 0.15) is 0 Å². The summed E-state index contributed by atoms with van der Waals surface area (Å²) >= 11 is 0. The maximum absolute atomic E-state index is 12.0. The molecule has 0 aromatic rings. The van der Waals surface area contributed by atoms with Crippen LogP contribution in [0, 0.1) is 5.92 Å². The molecular weight excluding hydrogens is 294 g/mol. The van der Waals surface area contributed by atoms with Gasteiger partial charge in [-0.2, -0.15) is 0 Å². The molecule has 1 amide bonds. The molecule has 0 aromatic heterocycles. The smallest absolute Gasteiger partial charge is 0.234 e. The third kappa shape index (κ3) is 6.75. The van der Waals surface area contributed by atoms with Crippen molar-refractivity contribution >= 4 is 5.91 Å². The van der Waals surface area contributed by atoms with E-state index in [0.29, 0.717) is 31.7 Å². The number of hydrogen-bond donors (Lipinski definition) is 2. The van der Waals surface area contributed by atoms with Crippen LogP contribution in [0.1, 0.15) is 32.6 Å². The van der Waals surface area contributed by atoms with Crippen LogP contribution in [-0.4, -0.2) is 85.9 Å². The van der Waals surface area contributed by atoms with Gasteiger partial charge >= 0.3 is 0 Å². The van der Waals surface area contributed by atoms with E-state index >= 15 is 0 Å². The van der Waals surface area contributed by atoms with E-state index in [0.717, 1.165) is 39.1 Å². The lowest BCUT2D eigenvalue weighted by molar-refractivity contribution is -0.123. The lowest BCUT2D eigenvalue weighted by Crippen LogP contribution is -2.50. The Bertz CT molecular complexity index is 346. The molecule has 6 heteroatoms. The molecule has 0 bridgehead atoms. The van der Waals surface area contributed by atoms with Crippen LogP contribution < -0.4 is 5.32 Å². The number of carbonyl (C=O) groups is 1. The first-order valence-corrected chi connectivity index (χ1v) is 9.13. The van der Waals surface area contributed by atoms with Crippen molar-refractivity contribution in [2.24, 2.45) is 5.92 Å². The summed E-state index contributed by atoms with van der Waals surface area (Å²) in [6.45, 7) is 8.53. The van der Waals surface area contributed by atoms with Crippen molar-refractivity contribution in [3.05, 3.63) is 0 Å². The molecule has 23 heavy (non-hydrogen) atoms. The number of hydrogen-bond acceptors (Lipinski definition) is 5. The van der Waals surface area contributed by atoms with Crippen LogP contribution in [0.4, 0.5) is 0 Å². The first-order chi connectivity index (χ1) is 11.2. The summed E-state index contributed by atoms with van der Waals surface area (Å²) in [5.41, 5.74) is 0. The number of nitrogens with zero attached hydrogens (tertiary/aromatic N) is 2. The number of piperazine rings is 1. The summed E-state index contributed by atoms with van der Waals surface area (Å²) in [5.74, 6) is 0.732. The second-order valence-electron chi connectivity index (χ2n) is 6.86. The Balaban J connectivity index is 1.52. The topological polar surface area (TPSA) is 65.0 Å². The highest BCUT2D eigenvalue weighted by Crippen LogP contribution is 2.25. The van der Waals surface area contributed by atoms with Crippen molar-refractivity contribution < 1.29 is 14.6 Å². The van der Waals surface area contributed by atoms with Gasteiger partial charge < -0.3 is 15.2 Å². The number of amides is 1. The molecule has 134 valence electrons. The van der Waals surface area contributed by atoms with Gasteiger partial charge in [0.25, 0.3) is 0 Å². The first kappa shape index (κ1) is 18.6. The number of ether oxygens (including phenoxy) is 1. The molecule has 1 aliphatic heterocycles. The van der Waals surface area contributed by atoms with Crippen molar-refractivity contribution in [1.82, 2.24) is 15.1 Å². The number of aliphatic hydroxyl groups excluding tert-OH is 1. The maximum atomic E-state index is 12.0. The van der Waals surface area contributed by atoms with E-state index < -0.39 is 0 Å². The molecule has 2 N–H and O–H groups in total. The molecule has 2 fully saturated rings. The SMILES string of the molecule is C[C@@H]1CCCC[C@@H]1OCCNC(=O)CN1CCN(CCO)CC1. The monoisotopic (exact) mass is 327 g/mol.